The Morgan fingerprint density at radius 1 is 1.38 bits per heavy atom. The van der Waals surface area contributed by atoms with Crippen molar-refractivity contribution in [1.82, 2.24) is 15.6 Å². The number of halogens is 2. The Labute approximate surface area is 143 Å². The van der Waals surface area contributed by atoms with Gasteiger partial charge in [-0.3, -0.25) is 4.79 Å². The number of nitrogens with zero attached hydrogens (tertiary/aromatic N) is 1. The summed E-state index contributed by atoms with van der Waals surface area (Å²) in [4.78, 5) is 15.9. The normalized spacial score (nSPS) is 13.2. The third-order valence-electron chi connectivity index (χ3n) is 3.22. The molecule has 0 radical (unpaired) electrons. The number of unbranched alkanes of at least 4 members (excludes halogenated alkanes) is 1. The molecule has 0 unspecified atom stereocenters. The van der Waals surface area contributed by atoms with Crippen LogP contribution in [-0.4, -0.2) is 30.5 Å². The molecule has 7 heteroatoms. The van der Waals surface area contributed by atoms with Gasteiger partial charge in [-0.15, -0.1) is 36.2 Å². The lowest BCUT2D eigenvalue weighted by Crippen LogP contribution is -2.35. The summed E-state index contributed by atoms with van der Waals surface area (Å²) in [5, 5.41) is 9.44. The van der Waals surface area contributed by atoms with E-state index in [1.807, 2.05) is 6.92 Å². The summed E-state index contributed by atoms with van der Waals surface area (Å²) < 4.78 is 0. The molecular weight excluding hydrogens is 329 g/mol. The number of hydrogen-bond donors (Lipinski definition) is 2. The van der Waals surface area contributed by atoms with Crippen LogP contribution in [0, 0.1) is 12.8 Å². The monoisotopic (exact) mass is 353 g/mol. The lowest BCUT2D eigenvalue weighted by Gasteiger charge is -2.05. The summed E-state index contributed by atoms with van der Waals surface area (Å²) in [6.45, 7) is 4.25. The van der Waals surface area contributed by atoms with Crippen LogP contribution >= 0.6 is 36.2 Å². The quantitative estimate of drug-likeness (QED) is 0.671. The van der Waals surface area contributed by atoms with Gasteiger partial charge in [0.1, 0.15) is 0 Å². The molecule has 1 aromatic rings. The minimum atomic E-state index is 0. The highest BCUT2D eigenvalue weighted by molar-refractivity contribution is 7.09. The van der Waals surface area contributed by atoms with E-state index in [1.54, 1.807) is 11.3 Å². The Bertz CT molecular complexity index is 411. The Hall–Kier alpha value is -0.360. The van der Waals surface area contributed by atoms with Gasteiger partial charge in [0.05, 0.1) is 11.6 Å². The van der Waals surface area contributed by atoms with Crippen LogP contribution in [0.25, 0.3) is 0 Å². The van der Waals surface area contributed by atoms with Gasteiger partial charge in [-0.1, -0.05) is 0 Å². The summed E-state index contributed by atoms with van der Waals surface area (Å²) in [5.41, 5.74) is 1.11. The van der Waals surface area contributed by atoms with Gasteiger partial charge >= 0.3 is 0 Å². The molecule has 2 N–H and O–H groups in total. The van der Waals surface area contributed by atoms with E-state index >= 15 is 0 Å². The number of aromatic nitrogens is 1. The third-order valence-corrected chi connectivity index (χ3v) is 4.25. The van der Waals surface area contributed by atoms with E-state index in [0.29, 0.717) is 6.54 Å². The van der Waals surface area contributed by atoms with Crippen molar-refractivity contribution in [2.24, 2.45) is 5.92 Å². The summed E-state index contributed by atoms with van der Waals surface area (Å²) in [7, 11) is 0. The fraction of sp³-hybridized carbons (Fsp3) is 0.714. The number of aryl methyl sites for hydroxylation is 2. The molecule has 0 aromatic carbocycles. The third kappa shape index (κ3) is 9.30. The Kier molecular flexibility index (Phi) is 11.0. The first-order valence-corrected chi connectivity index (χ1v) is 8.00. The fourth-order valence-corrected chi connectivity index (χ4v) is 2.74. The number of thiazole rings is 1. The van der Waals surface area contributed by atoms with E-state index in [0.717, 1.165) is 44.0 Å². The number of amides is 1. The van der Waals surface area contributed by atoms with E-state index in [1.165, 1.54) is 17.8 Å². The van der Waals surface area contributed by atoms with E-state index in [4.69, 9.17) is 0 Å². The molecule has 0 saturated heterocycles. The van der Waals surface area contributed by atoms with Crippen LogP contribution in [0.5, 0.6) is 0 Å². The molecule has 1 amide bonds. The van der Waals surface area contributed by atoms with Crippen LogP contribution in [-0.2, 0) is 11.2 Å². The van der Waals surface area contributed by atoms with Crippen molar-refractivity contribution in [3.8, 4) is 0 Å². The van der Waals surface area contributed by atoms with E-state index < -0.39 is 0 Å². The summed E-state index contributed by atoms with van der Waals surface area (Å²) >= 11 is 1.73. The molecule has 1 aromatic heterocycles. The summed E-state index contributed by atoms with van der Waals surface area (Å²) in [6.07, 6.45) is 5.78. The first-order valence-electron chi connectivity index (χ1n) is 7.12. The second-order valence-electron chi connectivity index (χ2n) is 5.26. The van der Waals surface area contributed by atoms with E-state index in [2.05, 4.69) is 21.0 Å². The lowest BCUT2D eigenvalue weighted by molar-refractivity contribution is -0.120. The minimum Gasteiger partial charge on any atom is -0.355 e. The number of nitrogens with one attached hydrogen (secondary N) is 2. The smallest absolute Gasteiger partial charge is 0.233 e. The molecule has 1 saturated carbocycles. The van der Waals surface area contributed by atoms with Gasteiger partial charge in [0.2, 0.25) is 5.91 Å². The minimum absolute atomic E-state index is 0. The SMILES string of the molecule is Cc1csc(CCCCNC(=O)CNCC2CC2)n1.Cl.Cl. The predicted octanol–water partition coefficient (Wildman–Crippen LogP) is 2.73. The predicted molar refractivity (Wildman–Crippen MR) is 92.9 cm³/mol. The second kappa shape index (κ2) is 11.2. The van der Waals surface area contributed by atoms with Crippen molar-refractivity contribution in [1.29, 1.82) is 0 Å². The van der Waals surface area contributed by atoms with Crippen molar-refractivity contribution in [3.05, 3.63) is 16.1 Å². The Balaban J connectivity index is 0.00000200. The van der Waals surface area contributed by atoms with Crippen LogP contribution in [0.2, 0.25) is 0 Å². The zero-order valence-electron chi connectivity index (χ0n) is 12.4. The molecular formula is C14H25Cl2N3OS. The molecule has 0 spiro atoms. The highest BCUT2D eigenvalue weighted by Crippen LogP contribution is 2.27. The number of carbonyl (C=O) groups excluding carboxylic acids is 1. The first kappa shape index (κ1) is 20.6. The molecule has 1 fully saturated rings. The van der Waals surface area contributed by atoms with Crippen molar-refractivity contribution >= 4 is 42.1 Å². The average molecular weight is 354 g/mol. The molecule has 122 valence electrons. The zero-order valence-corrected chi connectivity index (χ0v) is 14.8. The van der Waals surface area contributed by atoms with Crippen LogP contribution < -0.4 is 10.6 Å². The maximum atomic E-state index is 11.5. The molecule has 1 aliphatic rings. The number of hydrogen-bond acceptors (Lipinski definition) is 4. The van der Waals surface area contributed by atoms with Gasteiger partial charge in [-0.2, -0.15) is 0 Å². The molecule has 0 bridgehead atoms. The molecule has 4 nitrogen and oxygen atoms in total. The molecule has 1 heterocycles. The maximum Gasteiger partial charge on any atom is 0.233 e. The summed E-state index contributed by atoms with van der Waals surface area (Å²) in [6, 6.07) is 0. The fourth-order valence-electron chi connectivity index (χ4n) is 1.92. The topological polar surface area (TPSA) is 54.0 Å². The highest BCUT2D eigenvalue weighted by Gasteiger charge is 2.20. The van der Waals surface area contributed by atoms with E-state index in [9.17, 15) is 4.79 Å². The van der Waals surface area contributed by atoms with Gasteiger partial charge in [0, 0.05) is 17.6 Å². The van der Waals surface area contributed by atoms with Gasteiger partial charge in [-0.25, -0.2) is 4.98 Å². The summed E-state index contributed by atoms with van der Waals surface area (Å²) in [5.74, 6) is 0.945. The number of rotatable bonds is 9. The van der Waals surface area contributed by atoms with Gasteiger partial charge < -0.3 is 10.6 Å². The second-order valence-corrected chi connectivity index (χ2v) is 6.21. The molecule has 21 heavy (non-hydrogen) atoms. The lowest BCUT2D eigenvalue weighted by atomic mass is 10.2. The van der Waals surface area contributed by atoms with Crippen LogP contribution in [0.1, 0.15) is 36.4 Å². The molecule has 0 atom stereocenters. The maximum absolute atomic E-state index is 11.5. The molecule has 0 aliphatic heterocycles. The van der Waals surface area contributed by atoms with Crippen LogP contribution in [0.3, 0.4) is 0 Å². The van der Waals surface area contributed by atoms with E-state index in [-0.39, 0.29) is 30.7 Å². The van der Waals surface area contributed by atoms with Crippen molar-refractivity contribution in [3.63, 3.8) is 0 Å². The molecule has 1 aliphatic carbocycles. The number of carbonyl (C=O) groups is 1. The van der Waals surface area contributed by atoms with Crippen LogP contribution in [0.15, 0.2) is 5.38 Å². The largest absolute Gasteiger partial charge is 0.355 e. The van der Waals surface area contributed by atoms with Gasteiger partial charge in [-0.05, 0) is 51.5 Å². The van der Waals surface area contributed by atoms with Gasteiger partial charge in [0.15, 0.2) is 0 Å². The van der Waals surface area contributed by atoms with Crippen molar-refractivity contribution in [2.45, 2.75) is 39.0 Å². The Morgan fingerprint density at radius 3 is 2.76 bits per heavy atom. The van der Waals surface area contributed by atoms with Crippen molar-refractivity contribution in [2.75, 3.05) is 19.6 Å². The highest BCUT2D eigenvalue weighted by atomic mass is 35.5. The first-order chi connectivity index (χ1) is 9.24. The average Bonchev–Trinajstić information content (AvgIpc) is 3.11. The molecule has 2 rings (SSSR count). The zero-order chi connectivity index (χ0) is 13.5. The Morgan fingerprint density at radius 2 is 2.14 bits per heavy atom. The standard InChI is InChI=1S/C14H23N3OS.2ClH/c1-11-10-19-14(17-11)4-2-3-7-16-13(18)9-15-8-12-5-6-12;;/h10,12,15H,2-9H2,1H3,(H,16,18);2*1H. The van der Waals surface area contributed by atoms with Gasteiger partial charge in [0.25, 0.3) is 0 Å². The van der Waals surface area contributed by atoms with Crippen molar-refractivity contribution < 1.29 is 4.79 Å². The van der Waals surface area contributed by atoms with Crippen LogP contribution in [0.4, 0.5) is 0 Å².